The standard InChI is InChI=1S/C13H22N6/c1-14-12-10-9-15-4-3-11(10)16-13(17-12)19-7-5-18(2)6-8-19/h15H,3-9H2,1-2H3,(H,14,16,17). The number of anilines is 2. The molecule has 1 aromatic rings. The van der Waals surface area contributed by atoms with E-state index in [-0.39, 0.29) is 0 Å². The van der Waals surface area contributed by atoms with E-state index in [9.17, 15) is 0 Å². The summed E-state index contributed by atoms with van der Waals surface area (Å²) in [5.41, 5.74) is 2.43. The molecule has 0 spiro atoms. The van der Waals surface area contributed by atoms with Gasteiger partial charge in [-0.05, 0) is 7.05 Å². The van der Waals surface area contributed by atoms with Crippen molar-refractivity contribution in [2.75, 3.05) is 57.0 Å². The highest BCUT2D eigenvalue weighted by molar-refractivity contribution is 5.52. The second-order valence-corrected chi connectivity index (χ2v) is 5.26. The topological polar surface area (TPSA) is 56.3 Å². The Kier molecular flexibility index (Phi) is 3.52. The first-order valence-corrected chi connectivity index (χ1v) is 6.99. The fraction of sp³-hybridized carbons (Fsp3) is 0.692. The average Bonchev–Trinajstić information content (AvgIpc) is 2.47. The van der Waals surface area contributed by atoms with Crippen LogP contribution in [0.5, 0.6) is 0 Å². The van der Waals surface area contributed by atoms with Gasteiger partial charge in [0, 0.05) is 58.3 Å². The Morgan fingerprint density at radius 2 is 1.95 bits per heavy atom. The van der Waals surface area contributed by atoms with E-state index in [4.69, 9.17) is 9.97 Å². The molecule has 6 heteroatoms. The zero-order valence-electron chi connectivity index (χ0n) is 11.7. The summed E-state index contributed by atoms with van der Waals surface area (Å²) in [6.45, 7) is 6.06. The maximum absolute atomic E-state index is 4.79. The second kappa shape index (κ2) is 5.30. The first-order chi connectivity index (χ1) is 9.28. The number of nitrogens with one attached hydrogen (secondary N) is 2. The number of piperazine rings is 1. The molecule has 0 radical (unpaired) electrons. The summed E-state index contributed by atoms with van der Waals surface area (Å²) in [5.74, 6) is 1.87. The maximum atomic E-state index is 4.79. The fourth-order valence-electron chi connectivity index (χ4n) is 2.68. The SMILES string of the molecule is CNc1nc(N2CCN(C)CC2)nc2c1CNCC2. The van der Waals surface area contributed by atoms with Crippen LogP contribution in [0.15, 0.2) is 0 Å². The van der Waals surface area contributed by atoms with Crippen LogP contribution >= 0.6 is 0 Å². The van der Waals surface area contributed by atoms with E-state index < -0.39 is 0 Å². The van der Waals surface area contributed by atoms with Gasteiger partial charge in [0.15, 0.2) is 0 Å². The Labute approximate surface area is 114 Å². The molecule has 0 amide bonds. The minimum absolute atomic E-state index is 0.870. The van der Waals surface area contributed by atoms with Crippen molar-refractivity contribution in [3.8, 4) is 0 Å². The summed E-state index contributed by atoms with van der Waals surface area (Å²) >= 11 is 0. The minimum Gasteiger partial charge on any atom is -0.373 e. The number of nitrogens with zero attached hydrogens (tertiary/aromatic N) is 4. The lowest BCUT2D eigenvalue weighted by Gasteiger charge is -2.33. The van der Waals surface area contributed by atoms with E-state index in [0.29, 0.717) is 0 Å². The van der Waals surface area contributed by atoms with Crippen LogP contribution in [0.4, 0.5) is 11.8 Å². The van der Waals surface area contributed by atoms with Crippen LogP contribution in [-0.2, 0) is 13.0 Å². The van der Waals surface area contributed by atoms with Gasteiger partial charge in [0.05, 0.1) is 5.69 Å². The van der Waals surface area contributed by atoms with Crippen LogP contribution in [0, 0.1) is 0 Å². The number of rotatable bonds is 2. The molecule has 1 saturated heterocycles. The summed E-state index contributed by atoms with van der Waals surface area (Å²) in [6, 6.07) is 0. The molecule has 2 aliphatic heterocycles. The van der Waals surface area contributed by atoms with Crippen LogP contribution < -0.4 is 15.5 Å². The normalized spacial score (nSPS) is 20.2. The van der Waals surface area contributed by atoms with E-state index in [1.54, 1.807) is 0 Å². The molecule has 0 saturated carbocycles. The van der Waals surface area contributed by atoms with E-state index in [2.05, 4.69) is 27.5 Å². The van der Waals surface area contributed by atoms with Crippen molar-refractivity contribution in [1.82, 2.24) is 20.2 Å². The molecule has 0 bridgehead atoms. The van der Waals surface area contributed by atoms with Gasteiger partial charge in [-0.25, -0.2) is 4.98 Å². The number of aromatic nitrogens is 2. The van der Waals surface area contributed by atoms with Crippen molar-refractivity contribution in [1.29, 1.82) is 0 Å². The highest BCUT2D eigenvalue weighted by Gasteiger charge is 2.21. The largest absolute Gasteiger partial charge is 0.373 e. The lowest BCUT2D eigenvalue weighted by molar-refractivity contribution is 0.311. The van der Waals surface area contributed by atoms with Crippen LogP contribution in [0.1, 0.15) is 11.3 Å². The quantitative estimate of drug-likeness (QED) is 0.777. The van der Waals surface area contributed by atoms with Crippen LogP contribution in [0.3, 0.4) is 0 Å². The summed E-state index contributed by atoms with van der Waals surface area (Å²) in [7, 11) is 4.10. The zero-order chi connectivity index (χ0) is 13.2. The predicted octanol–water partition coefficient (Wildman–Crippen LogP) is -0.0842. The Morgan fingerprint density at radius 1 is 1.16 bits per heavy atom. The molecule has 0 aromatic carbocycles. The van der Waals surface area contributed by atoms with E-state index in [1.165, 1.54) is 11.3 Å². The van der Waals surface area contributed by atoms with E-state index in [1.807, 2.05) is 7.05 Å². The van der Waals surface area contributed by atoms with E-state index >= 15 is 0 Å². The Bertz CT molecular complexity index is 435. The fourth-order valence-corrected chi connectivity index (χ4v) is 2.68. The molecule has 1 aromatic heterocycles. The minimum atomic E-state index is 0.870. The molecule has 104 valence electrons. The molecule has 0 aliphatic carbocycles. The second-order valence-electron chi connectivity index (χ2n) is 5.26. The molecule has 0 unspecified atom stereocenters. The van der Waals surface area contributed by atoms with Gasteiger partial charge in [-0.3, -0.25) is 0 Å². The van der Waals surface area contributed by atoms with Crippen molar-refractivity contribution >= 4 is 11.8 Å². The maximum Gasteiger partial charge on any atom is 0.227 e. The van der Waals surface area contributed by atoms with Gasteiger partial charge in [0.25, 0.3) is 0 Å². The van der Waals surface area contributed by atoms with Gasteiger partial charge in [0.1, 0.15) is 5.82 Å². The molecular weight excluding hydrogens is 240 g/mol. The highest BCUT2D eigenvalue weighted by atomic mass is 15.3. The zero-order valence-corrected chi connectivity index (χ0v) is 11.7. The van der Waals surface area contributed by atoms with Crippen LogP contribution in [0.25, 0.3) is 0 Å². The number of fused-ring (bicyclic) bond motifs is 1. The first kappa shape index (κ1) is 12.6. The van der Waals surface area contributed by atoms with Gasteiger partial charge < -0.3 is 20.4 Å². The third kappa shape index (κ3) is 2.50. The Morgan fingerprint density at radius 3 is 2.68 bits per heavy atom. The molecule has 3 rings (SSSR count). The van der Waals surface area contributed by atoms with Crippen molar-refractivity contribution in [2.24, 2.45) is 0 Å². The predicted molar refractivity (Wildman–Crippen MR) is 76.7 cm³/mol. The van der Waals surface area contributed by atoms with Crippen LogP contribution in [0.2, 0.25) is 0 Å². The summed E-state index contributed by atoms with van der Waals surface area (Å²) in [5, 5.41) is 6.60. The van der Waals surface area contributed by atoms with Gasteiger partial charge in [-0.15, -0.1) is 0 Å². The number of hydrogen-bond donors (Lipinski definition) is 2. The highest BCUT2D eigenvalue weighted by Crippen LogP contribution is 2.23. The summed E-state index contributed by atoms with van der Waals surface area (Å²) in [4.78, 5) is 14.1. The molecular formula is C13H22N6. The monoisotopic (exact) mass is 262 g/mol. The summed E-state index contributed by atoms with van der Waals surface area (Å²) in [6.07, 6.45) is 0.993. The molecule has 6 nitrogen and oxygen atoms in total. The molecule has 1 fully saturated rings. The molecule has 2 N–H and O–H groups in total. The molecule has 3 heterocycles. The van der Waals surface area contributed by atoms with Crippen molar-refractivity contribution in [2.45, 2.75) is 13.0 Å². The number of likely N-dealkylation sites (N-methyl/N-ethyl adjacent to an activating group) is 1. The lowest BCUT2D eigenvalue weighted by atomic mass is 10.1. The van der Waals surface area contributed by atoms with Gasteiger partial charge >= 0.3 is 0 Å². The smallest absolute Gasteiger partial charge is 0.227 e. The van der Waals surface area contributed by atoms with Gasteiger partial charge in [-0.1, -0.05) is 0 Å². The lowest BCUT2D eigenvalue weighted by Crippen LogP contribution is -2.45. The van der Waals surface area contributed by atoms with E-state index in [0.717, 1.165) is 57.5 Å². The van der Waals surface area contributed by atoms with Gasteiger partial charge in [-0.2, -0.15) is 4.98 Å². The summed E-state index contributed by atoms with van der Waals surface area (Å²) < 4.78 is 0. The third-order valence-corrected chi connectivity index (χ3v) is 3.94. The van der Waals surface area contributed by atoms with Crippen molar-refractivity contribution in [3.05, 3.63) is 11.3 Å². The van der Waals surface area contributed by atoms with Crippen molar-refractivity contribution in [3.63, 3.8) is 0 Å². The molecule has 19 heavy (non-hydrogen) atoms. The molecule has 0 atom stereocenters. The van der Waals surface area contributed by atoms with Crippen LogP contribution in [-0.4, -0.2) is 61.7 Å². The Balaban J connectivity index is 1.89. The van der Waals surface area contributed by atoms with Crippen molar-refractivity contribution < 1.29 is 0 Å². The average molecular weight is 262 g/mol. The third-order valence-electron chi connectivity index (χ3n) is 3.94. The molecule has 2 aliphatic rings. The van der Waals surface area contributed by atoms with Gasteiger partial charge in [0.2, 0.25) is 5.95 Å². The first-order valence-electron chi connectivity index (χ1n) is 6.99. The Hall–Kier alpha value is -1.40. The number of hydrogen-bond acceptors (Lipinski definition) is 6.